The van der Waals surface area contributed by atoms with E-state index in [4.69, 9.17) is 9.72 Å². The maximum Gasteiger partial charge on any atom is 0.141 e. The zero-order valence-electron chi connectivity index (χ0n) is 18.9. The molecule has 2 N–H and O–H groups in total. The van der Waals surface area contributed by atoms with Gasteiger partial charge < -0.3 is 15.0 Å². The highest BCUT2D eigenvalue weighted by Crippen LogP contribution is 2.58. The minimum Gasteiger partial charge on any atom is -0.378 e. The third-order valence-electron chi connectivity index (χ3n) is 5.67. The Morgan fingerprint density at radius 3 is 2.63 bits per heavy atom. The number of nitrogens with one attached hydrogen (secondary N) is 2. The number of morpholine rings is 1. The number of thioether (sulfide) groups is 1. The van der Waals surface area contributed by atoms with Gasteiger partial charge in [-0.1, -0.05) is 32.4 Å². The van der Waals surface area contributed by atoms with Crippen molar-refractivity contribution in [3.8, 4) is 0 Å². The van der Waals surface area contributed by atoms with Crippen molar-refractivity contribution in [3.05, 3.63) is 35.0 Å². The normalized spacial score (nSPS) is 17.9. The first-order valence-electron chi connectivity index (χ1n) is 11.0. The van der Waals surface area contributed by atoms with Gasteiger partial charge >= 0.3 is 0 Å². The second kappa shape index (κ2) is 10.4. The second-order valence-corrected chi connectivity index (χ2v) is 8.72. The third-order valence-corrected chi connectivity index (χ3v) is 7.08. The molecule has 3 heterocycles. The Labute approximate surface area is 184 Å². The summed E-state index contributed by atoms with van der Waals surface area (Å²) in [5.74, 6) is 2.79. The first kappa shape index (κ1) is 22.7. The van der Waals surface area contributed by atoms with E-state index in [-0.39, 0.29) is 4.75 Å². The predicted octanol–water partition coefficient (Wildman–Crippen LogP) is 5.58. The van der Waals surface area contributed by atoms with Crippen LogP contribution >= 0.6 is 11.8 Å². The van der Waals surface area contributed by atoms with Crippen molar-refractivity contribution in [2.24, 2.45) is 0 Å². The largest absolute Gasteiger partial charge is 0.378 e. The van der Waals surface area contributed by atoms with Gasteiger partial charge in [0.1, 0.15) is 17.5 Å². The number of anilines is 3. The van der Waals surface area contributed by atoms with Gasteiger partial charge in [-0.15, -0.1) is 0 Å². The lowest BCUT2D eigenvalue weighted by Crippen LogP contribution is -2.37. The number of rotatable bonds is 7. The lowest BCUT2D eigenvalue weighted by molar-refractivity contribution is 0.122. The summed E-state index contributed by atoms with van der Waals surface area (Å²) in [6, 6.07) is 4.26. The van der Waals surface area contributed by atoms with Crippen LogP contribution in [0.4, 0.5) is 17.5 Å². The molecule has 1 aliphatic carbocycles. The van der Waals surface area contributed by atoms with Crippen LogP contribution in [0.2, 0.25) is 0 Å². The summed E-state index contributed by atoms with van der Waals surface area (Å²) in [5, 5.41) is 10.6. The molecule has 1 saturated heterocycles. The molecule has 2 aliphatic rings. The number of nitrogens with zero attached hydrogens (tertiary/aromatic N) is 3. The van der Waals surface area contributed by atoms with Gasteiger partial charge in [-0.05, 0) is 44.1 Å². The molecule has 6 nitrogen and oxygen atoms in total. The van der Waals surface area contributed by atoms with E-state index in [1.165, 1.54) is 29.5 Å². The molecule has 7 heteroatoms. The van der Waals surface area contributed by atoms with Gasteiger partial charge in [0.15, 0.2) is 0 Å². The van der Waals surface area contributed by atoms with E-state index in [1.807, 2.05) is 31.7 Å². The smallest absolute Gasteiger partial charge is 0.141 e. The summed E-state index contributed by atoms with van der Waals surface area (Å²) < 4.78 is 5.75. The zero-order valence-corrected chi connectivity index (χ0v) is 19.7. The molecule has 30 heavy (non-hydrogen) atoms. The minimum atomic E-state index is 0.203. The number of H-pyrrole nitrogens is 1. The first-order valence-corrected chi connectivity index (χ1v) is 12.2. The van der Waals surface area contributed by atoms with Crippen LogP contribution in [0, 0.1) is 0 Å². The SMILES string of the molecule is CC.CCC(C)=Cc1c(C2(SC)CC2)cc(N2CCOCC2)nc1Nc1ccn[nH]1. The van der Waals surface area contributed by atoms with Crippen LogP contribution in [0.15, 0.2) is 23.9 Å². The Kier molecular flexibility index (Phi) is 7.83. The highest BCUT2D eigenvalue weighted by molar-refractivity contribution is 7.99. The lowest BCUT2D eigenvalue weighted by Gasteiger charge is -2.30. The zero-order chi connectivity index (χ0) is 21.6. The molecule has 0 radical (unpaired) electrons. The molecule has 0 unspecified atom stereocenters. The van der Waals surface area contributed by atoms with Crippen molar-refractivity contribution in [1.82, 2.24) is 15.2 Å². The fraction of sp³-hybridized carbons (Fsp3) is 0.565. The van der Waals surface area contributed by atoms with Crippen LogP contribution in [0.1, 0.15) is 58.1 Å². The molecule has 0 spiro atoms. The van der Waals surface area contributed by atoms with Crippen molar-refractivity contribution < 1.29 is 4.74 Å². The van der Waals surface area contributed by atoms with Crippen LogP contribution in [0.25, 0.3) is 6.08 Å². The van der Waals surface area contributed by atoms with Gasteiger partial charge in [0, 0.05) is 29.5 Å². The van der Waals surface area contributed by atoms with E-state index < -0.39 is 0 Å². The Bertz CT molecular complexity index is 840. The Balaban J connectivity index is 0.00000124. The number of hydrogen-bond acceptors (Lipinski definition) is 6. The second-order valence-electron chi connectivity index (χ2n) is 7.53. The maximum absolute atomic E-state index is 5.55. The van der Waals surface area contributed by atoms with Crippen molar-refractivity contribution >= 4 is 35.3 Å². The van der Waals surface area contributed by atoms with Crippen LogP contribution < -0.4 is 10.2 Å². The summed E-state index contributed by atoms with van der Waals surface area (Å²) in [7, 11) is 0. The van der Waals surface area contributed by atoms with Crippen LogP contribution in [0.3, 0.4) is 0 Å². The van der Waals surface area contributed by atoms with Crippen molar-refractivity contribution in [2.75, 3.05) is 42.8 Å². The standard InChI is InChI=1S/C21H29N5OS.C2H6/c1-4-15(2)13-16-17(21(28-3)6-7-21)14-19(26-9-11-27-12-10-26)24-20(16)23-18-5-8-22-25-18;1-2/h5,8,13-14H,4,6-7,9-12H2,1-3H3,(H2,22,23,24,25);1-2H3. The first-order chi connectivity index (χ1) is 14.6. The summed E-state index contributed by atoms with van der Waals surface area (Å²) in [6.45, 7) is 11.7. The fourth-order valence-electron chi connectivity index (χ4n) is 3.61. The molecular formula is C23H35N5OS. The molecule has 2 aromatic rings. The van der Waals surface area contributed by atoms with Crippen LogP contribution in [-0.2, 0) is 9.48 Å². The molecule has 0 atom stereocenters. The van der Waals surface area contributed by atoms with E-state index >= 15 is 0 Å². The average Bonchev–Trinajstić information content (AvgIpc) is 3.44. The monoisotopic (exact) mass is 429 g/mol. The fourth-order valence-corrected chi connectivity index (χ4v) is 4.51. The highest BCUT2D eigenvalue weighted by Gasteiger charge is 2.46. The maximum atomic E-state index is 5.55. The van der Waals surface area contributed by atoms with Gasteiger partial charge in [0.2, 0.25) is 0 Å². The van der Waals surface area contributed by atoms with Crippen LogP contribution in [-0.4, -0.2) is 47.7 Å². The van der Waals surface area contributed by atoms with Gasteiger partial charge in [-0.2, -0.15) is 16.9 Å². The molecular weight excluding hydrogens is 394 g/mol. The summed E-state index contributed by atoms with van der Waals surface area (Å²) >= 11 is 1.96. The Morgan fingerprint density at radius 1 is 1.33 bits per heavy atom. The van der Waals surface area contributed by atoms with E-state index in [2.05, 4.69) is 52.7 Å². The summed E-state index contributed by atoms with van der Waals surface area (Å²) in [6.07, 6.45) is 9.75. The molecule has 0 amide bonds. The third kappa shape index (κ3) is 5.01. The molecule has 4 rings (SSSR count). The number of aromatic nitrogens is 3. The predicted molar refractivity (Wildman–Crippen MR) is 129 cm³/mol. The van der Waals surface area contributed by atoms with Crippen molar-refractivity contribution in [1.29, 1.82) is 0 Å². The van der Waals surface area contributed by atoms with E-state index in [1.54, 1.807) is 6.20 Å². The van der Waals surface area contributed by atoms with E-state index in [9.17, 15) is 0 Å². The Morgan fingerprint density at radius 2 is 2.07 bits per heavy atom. The van der Waals surface area contributed by atoms with E-state index in [0.717, 1.165) is 50.2 Å². The number of hydrogen-bond donors (Lipinski definition) is 2. The summed E-state index contributed by atoms with van der Waals surface area (Å²) in [4.78, 5) is 7.39. The summed E-state index contributed by atoms with van der Waals surface area (Å²) in [5.41, 5.74) is 3.95. The topological polar surface area (TPSA) is 66.1 Å². The quantitative estimate of drug-likeness (QED) is 0.599. The minimum absolute atomic E-state index is 0.203. The van der Waals surface area contributed by atoms with Gasteiger partial charge in [-0.25, -0.2) is 4.98 Å². The number of pyridine rings is 1. The molecule has 0 aromatic carbocycles. The molecule has 1 saturated carbocycles. The van der Waals surface area contributed by atoms with Gasteiger partial charge in [0.05, 0.1) is 19.4 Å². The molecule has 164 valence electrons. The number of aromatic amines is 1. The van der Waals surface area contributed by atoms with Crippen LogP contribution in [0.5, 0.6) is 0 Å². The van der Waals surface area contributed by atoms with Crippen molar-refractivity contribution in [3.63, 3.8) is 0 Å². The van der Waals surface area contributed by atoms with Gasteiger partial charge in [-0.3, -0.25) is 5.10 Å². The molecule has 0 bridgehead atoms. The number of ether oxygens (including phenoxy) is 1. The van der Waals surface area contributed by atoms with E-state index in [0.29, 0.717) is 0 Å². The number of allylic oxidation sites excluding steroid dienone is 1. The Hall–Kier alpha value is -1.99. The average molecular weight is 430 g/mol. The molecule has 2 fully saturated rings. The van der Waals surface area contributed by atoms with Gasteiger partial charge in [0.25, 0.3) is 0 Å². The lowest BCUT2D eigenvalue weighted by atomic mass is 10.0. The molecule has 2 aromatic heterocycles. The van der Waals surface area contributed by atoms with Crippen molar-refractivity contribution in [2.45, 2.75) is 51.7 Å². The highest BCUT2D eigenvalue weighted by atomic mass is 32.2. The molecule has 1 aliphatic heterocycles.